The molecule has 2 heterocycles. The maximum absolute atomic E-state index is 5.64. The fourth-order valence-corrected chi connectivity index (χ4v) is 2.64. The van der Waals surface area contributed by atoms with Gasteiger partial charge in [0, 0.05) is 23.7 Å². The average Bonchev–Trinajstić information content (AvgIpc) is 2.91. The van der Waals surface area contributed by atoms with Crippen LogP contribution in [0, 0.1) is 0 Å². The number of pyridine rings is 1. The van der Waals surface area contributed by atoms with Crippen molar-refractivity contribution in [3.63, 3.8) is 0 Å². The lowest BCUT2D eigenvalue weighted by atomic mass is 10.2. The molecule has 0 saturated heterocycles. The van der Waals surface area contributed by atoms with Gasteiger partial charge >= 0.3 is 0 Å². The number of hydrogen-bond donors (Lipinski definition) is 1. The highest BCUT2D eigenvalue weighted by molar-refractivity contribution is 7.80. The Labute approximate surface area is 116 Å². The SMILES string of the molecule is CC(c1cccs1)N(C)c1cc(C(N)=S)ccn1. The molecule has 0 saturated carbocycles. The Bertz CT molecular complexity index is 537. The predicted octanol–water partition coefficient (Wildman–Crippen LogP) is 2.97. The highest BCUT2D eigenvalue weighted by atomic mass is 32.1. The van der Waals surface area contributed by atoms with Crippen LogP contribution in [0.2, 0.25) is 0 Å². The van der Waals surface area contributed by atoms with E-state index in [4.69, 9.17) is 18.0 Å². The number of nitrogens with zero attached hydrogens (tertiary/aromatic N) is 2. The first kappa shape index (κ1) is 13.0. The van der Waals surface area contributed by atoms with Crippen LogP contribution in [0.1, 0.15) is 23.4 Å². The van der Waals surface area contributed by atoms with E-state index in [1.807, 2.05) is 19.2 Å². The standard InChI is InChI=1S/C13H15N3S2/c1-9(11-4-3-7-18-11)16(2)12-8-10(13(14)17)5-6-15-12/h3-9H,1-2H3,(H2,14,17). The molecule has 0 bridgehead atoms. The second-order valence-corrected chi connectivity index (χ2v) is 5.49. The van der Waals surface area contributed by atoms with Gasteiger partial charge in [-0.3, -0.25) is 0 Å². The molecular formula is C13H15N3S2. The summed E-state index contributed by atoms with van der Waals surface area (Å²) in [7, 11) is 2.02. The summed E-state index contributed by atoms with van der Waals surface area (Å²) < 4.78 is 0. The third-order valence-electron chi connectivity index (χ3n) is 2.93. The summed E-state index contributed by atoms with van der Waals surface area (Å²) in [6, 6.07) is 8.22. The molecule has 2 N–H and O–H groups in total. The van der Waals surface area contributed by atoms with Crippen LogP contribution in [-0.2, 0) is 0 Å². The summed E-state index contributed by atoms with van der Waals surface area (Å²) in [6.45, 7) is 2.15. The van der Waals surface area contributed by atoms with Gasteiger partial charge in [0.1, 0.15) is 10.8 Å². The molecule has 3 nitrogen and oxygen atoms in total. The molecule has 0 aliphatic rings. The lowest BCUT2D eigenvalue weighted by Crippen LogP contribution is -2.22. The van der Waals surface area contributed by atoms with Gasteiger partial charge < -0.3 is 10.6 Å². The number of hydrogen-bond acceptors (Lipinski definition) is 4. The topological polar surface area (TPSA) is 42.1 Å². The first-order valence-electron chi connectivity index (χ1n) is 5.61. The summed E-state index contributed by atoms with van der Waals surface area (Å²) in [5, 5.41) is 2.08. The van der Waals surface area contributed by atoms with Crippen LogP contribution in [0.15, 0.2) is 35.8 Å². The van der Waals surface area contributed by atoms with E-state index in [0.717, 1.165) is 11.4 Å². The lowest BCUT2D eigenvalue weighted by molar-refractivity contribution is 0.742. The number of rotatable bonds is 4. The van der Waals surface area contributed by atoms with Gasteiger partial charge in [-0.2, -0.15) is 0 Å². The summed E-state index contributed by atoms with van der Waals surface area (Å²) in [4.78, 5) is 8.19. The van der Waals surface area contributed by atoms with Gasteiger partial charge in [-0.25, -0.2) is 4.98 Å². The van der Waals surface area contributed by atoms with Crippen LogP contribution >= 0.6 is 23.6 Å². The van der Waals surface area contributed by atoms with E-state index in [0.29, 0.717) is 4.99 Å². The molecule has 0 aliphatic heterocycles. The van der Waals surface area contributed by atoms with E-state index in [-0.39, 0.29) is 6.04 Å². The van der Waals surface area contributed by atoms with E-state index >= 15 is 0 Å². The largest absolute Gasteiger partial charge is 0.389 e. The van der Waals surface area contributed by atoms with Crippen molar-refractivity contribution < 1.29 is 0 Å². The van der Waals surface area contributed by atoms with Gasteiger partial charge in [-0.1, -0.05) is 18.3 Å². The number of aromatic nitrogens is 1. The summed E-state index contributed by atoms with van der Waals surface area (Å²) >= 11 is 6.73. The molecule has 1 atom stereocenters. The minimum atomic E-state index is 0.277. The molecule has 0 spiro atoms. The Morgan fingerprint density at radius 2 is 2.28 bits per heavy atom. The molecular weight excluding hydrogens is 262 g/mol. The molecule has 2 aromatic rings. The molecule has 0 aliphatic carbocycles. The molecule has 0 fully saturated rings. The van der Waals surface area contributed by atoms with Crippen molar-refractivity contribution in [2.45, 2.75) is 13.0 Å². The maximum Gasteiger partial charge on any atom is 0.129 e. The summed E-state index contributed by atoms with van der Waals surface area (Å²) in [5.74, 6) is 0.876. The van der Waals surface area contributed by atoms with Crippen molar-refractivity contribution in [2.75, 3.05) is 11.9 Å². The van der Waals surface area contributed by atoms with Crippen molar-refractivity contribution in [3.8, 4) is 0 Å². The van der Waals surface area contributed by atoms with Gasteiger partial charge in [0.2, 0.25) is 0 Å². The Morgan fingerprint density at radius 1 is 1.50 bits per heavy atom. The number of thiocarbonyl (C=S) groups is 1. The van der Waals surface area contributed by atoms with Gasteiger partial charge in [0.05, 0.1) is 6.04 Å². The molecule has 0 aromatic carbocycles. The van der Waals surface area contributed by atoms with Crippen LogP contribution in [0.25, 0.3) is 0 Å². The fraction of sp³-hybridized carbons (Fsp3) is 0.231. The second-order valence-electron chi connectivity index (χ2n) is 4.07. The Kier molecular flexibility index (Phi) is 3.93. The molecule has 5 heteroatoms. The second kappa shape index (κ2) is 5.46. The smallest absolute Gasteiger partial charge is 0.129 e. The van der Waals surface area contributed by atoms with Crippen molar-refractivity contribution in [1.82, 2.24) is 4.98 Å². The number of nitrogens with two attached hydrogens (primary N) is 1. The van der Waals surface area contributed by atoms with Crippen molar-refractivity contribution >= 4 is 34.4 Å². The first-order valence-corrected chi connectivity index (χ1v) is 6.90. The Balaban J connectivity index is 2.25. The highest BCUT2D eigenvalue weighted by Gasteiger charge is 2.14. The molecule has 18 heavy (non-hydrogen) atoms. The van der Waals surface area contributed by atoms with Gasteiger partial charge in [-0.15, -0.1) is 11.3 Å². The minimum Gasteiger partial charge on any atom is -0.389 e. The van der Waals surface area contributed by atoms with Gasteiger partial charge in [0.25, 0.3) is 0 Å². The van der Waals surface area contributed by atoms with Gasteiger partial charge in [-0.05, 0) is 30.5 Å². The fourth-order valence-electron chi connectivity index (χ4n) is 1.68. The lowest BCUT2D eigenvalue weighted by Gasteiger charge is -2.25. The van der Waals surface area contributed by atoms with E-state index in [9.17, 15) is 0 Å². The number of anilines is 1. The van der Waals surface area contributed by atoms with Crippen LogP contribution in [0.3, 0.4) is 0 Å². The summed E-state index contributed by atoms with van der Waals surface area (Å²) in [6.07, 6.45) is 1.74. The molecule has 2 aromatic heterocycles. The Hall–Kier alpha value is -1.46. The number of thiophene rings is 1. The third-order valence-corrected chi connectivity index (χ3v) is 4.21. The normalized spacial score (nSPS) is 12.1. The van der Waals surface area contributed by atoms with Crippen LogP contribution in [0.5, 0.6) is 0 Å². The van der Waals surface area contributed by atoms with Crippen molar-refractivity contribution in [3.05, 3.63) is 46.3 Å². The average molecular weight is 277 g/mol. The quantitative estimate of drug-likeness (QED) is 0.872. The van der Waals surface area contributed by atoms with Crippen LogP contribution in [0.4, 0.5) is 5.82 Å². The molecule has 0 radical (unpaired) electrons. The van der Waals surface area contributed by atoms with Crippen molar-refractivity contribution in [2.24, 2.45) is 5.73 Å². The van der Waals surface area contributed by atoms with E-state index < -0.39 is 0 Å². The monoisotopic (exact) mass is 277 g/mol. The maximum atomic E-state index is 5.64. The zero-order valence-electron chi connectivity index (χ0n) is 10.3. The van der Waals surface area contributed by atoms with Crippen molar-refractivity contribution in [1.29, 1.82) is 0 Å². The van der Waals surface area contributed by atoms with Crippen LogP contribution < -0.4 is 10.6 Å². The zero-order valence-corrected chi connectivity index (χ0v) is 12.0. The first-order chi connectivity index (χ1) is 8.59. The van der Waals surface area contributed by atoms with E-state index in [2.05, 4.69) is 34.3 Å². The molecule has 94 valence electrons. The van der Waals surface area contributed by atoms with Gasteiger partial charge in [0.15, 0.2) is 0 Å². The third kappa shape index (κ3) is 2.68. The molecule has 0 amide bonds. The highest BCUT2D eigenvalue weighted by Crippen LogP contribution is 2.27. The summed E-state index contributed by atoms with van der Waals surface area (Å²) in [5.41, 5.74) is 6.49. The minimum absolute atomic E-state index is 0.277. The Morgan fingerprint density at radius 3 is 2.89 bits per heavy atom. The predicted molar refractivity (Wildman–Crippen MR) is 81.3 cm³/mol. The molecule has 2 rings (SSSR count). The van der Waals surface area contributed by atoms with E-state index in [1.54, 1.807) is 17.5 Å². The van der Waals surface area contributed by atoms with Crippen LogP contribution in [-0.4, -0.2) is 17.0 Å². The van der Waals surface area contributed by atoms with E-state index in [1.165, 1.54) is 4.88 Å². The molecule has 1 unspecified atom stereocenters. The zero-order chi connectivity index (χ0) is 13.1.